The van der Waals surface area contributed by atoms with Crippen LogP contribution in [0.5, 0.6) is 17.2 Å². The van der Waals surface area contributed by atoms with Gasteiger partial charge in [-0.2, -0.15) is 0 Å². The van der Waals surface area contributed by atoms with E-state index in [4.69, 9.17) is 14.2 Å². The molecule has 0 heterocycles. The second-order valence-electron chi connectivity index (χ2n) is 5.42. The van der Waals surface area contributed by atoms with Crippen molar-refractivity contribution >= 4 is 11.6 Å². The summed E-state index contributed by atoms with van der Waals surface area (Å²) < 4.78 is 16.4. The minimum atomic E-state index is -0.262. The average molecular weight is 329 g/mol. The topological polar surface area (TPSA) is 56.8 Å². The first kappa shape index (κ1) is 17.7. The van der Waals surface area contributed by atoms with Gasteiger partial charge in [-0.05, 0) is 56.2 Å². The Balaban J connectivity index is 2.01. The SMILES string of the molecule is CCOc1cc(C)ccc1NC(=O)COc1ccc(C)cc1OC. The summed E-state index contributed by atoms with van der Waals surface area (Å²) in [4.78, 5) is 12.2. The standard InChI is InChI=1S/C19H23NO4/c1-5-23-17-10-13(2)6-8-15(17)20-19(21)12-24-16-9-7-14(3)11-18(16)22-4/h6-11H,5,12H2,1-4H3,(H,20,21). The van der Waals surface area contributed by atoms with Crippen LogP contribution in [-0.2, 0) is 4.79 Å². The number of benzene rings is 2. The smallest absolute Gasteiger partial charge is 0.262 e. The second kappa shape index (κ2) is 8.24. The van der Waals surface area contributed by atoms with Crippen molar-refractivity contribution in [3.8, 4) is 17.2 Å². The second-order valence-corrected chi connectivity index (χ2v) is 5.42. The molecule has 0 atom stereocenters. The van der Waals surface area contributed by atoms with E-state index >= 15 is 0 Å². The van der Waals surface area contributed by atoms with E-state index in [1.807, 2.05) is 51.1 Å². The van der Waals surface area contributed by atoms with Crippen molar-refractivity contribution in [3.63, 3.8) is 0 Å². The van der Waals surface area contributed by atoms with Crippen LogP contribution >= 0.6 is 0 Å². The molecule has 0 aromatic heterocycles. The summed E-state index contributed by atoms with van der Waals surface area (Å²) in [6.45, 7) is 6.26. The van der Waals surface area contributed by atoms with Crippen molar-refractivity contribution in [1.82, 2.24) is 0 Å². The largest absolute Gasteiger partial charge is 0.493 e. The van der Waals surface area contributed by atoms with Gasteiger partial charge in [-0.25, -0.2) is 0 Å². The zero-order chi connectivity index (χ0) is 17.5. The molecule has 1 N–H and O–H groups in total. The van der Waals surface area contributed by atoms with E-state index in [1.54, 1.807) is 13.2 Å². The van der Waals surface area contributed by atoms with Crippen LogP contribution in [-0.4, -0.2) is 26.2 Å². The lowest BCUT2D eigenvalue weighted by Gasteiger charge is -2.14. The third-order valence-corrected chi connectivity index (χ3v) is 3.39. The molecule has 2 aromatic rings. The Hall–Kier alpha value is -2.69. The van der Waals surface area contributed by atoms with E-state index in [0.717, 1.165) is 11.1 Å². The molecule has 0 saturated carbocycles. The van der Waals surface area contributed by atoms with E-state index in [-0.39, 0.29) is 12.5 Å². The third kappa shape index (κ3) is 4.65. The highest BCUT2D eigenvalue weighted by atomic mass is 16.5. The molecular weight excluding hydrogens is 306 g/mol. The molecule has 0 aliphatic carbocycles. The molecule has 128 valence electrons. The highest BCUT2D eigenvalue weighted by Crippen LogP contribution is 2.28. The molecule has 0 saturated heterocycles. The summed E-state index contributed by atoms with van der Waals surface area (Å²) in [5.41, 5.74) is 2.76. The maximum atomic E-state index is 12.2. The van der Waals surface area contributed by atoms with Crippen molar-refractivity contribution in [1.29, 1.82) is 0 Å². The summed E-state index contributed by atoms with van der Waals surface area (Å²) in [6.07, 6.45) is 0. The number of methoxy groups -OCH3 is 1. The molecule has 0 unspecified atom stereocenters. The number of rotatable bonds is 7. The summed E-state index contributed by atoms with van der Waals surface area (Å²) in [5.74, 6) is 1.53. The fourth-order valence-electron chi connectivity index (χ4n) is 2.23. The van der Waals surface area contributed by atoms with E-state index in [0.29, 0.717) is 29.5 Å². The summed E-state index contributed by atoms with van der Waals surface area (Å²) >= 11 is 0. The van der Waals surface area contributed by atoms with Gasteiger partial charge >= 0.3 is 0 Å². The lowest BCUT2D eigenvalue weighted by molar-refractivity contribution is -0.118. The Kier molecular flexibility index (Phi) is 6.07. The van der Waals surface area contributed by atoms with Gasteiger partial charge in [0.15, 0.2) is 18.1 Å². The lowest BCUT2D eigenvalue weighted by Crippen LogP contribution is -2.20. The first-order chi connectivity index (χ1) is 11.5. The maximum Gasteiger partial charge on any atom is 0.262 e. The fourth-order valence-corrected chi connectivity index (χ4v) is 2.23. The normalized spacial score (nSPS) is 10.2. The van der Waals surface area contributed by atoms with Gasteiger partial charge in [-0.3, -0.25) is 4.79 Å². The molecule has 2 aromatic carbocycles. The lowest BCUT2D eigenvalue weighted by atomic mass is 10.2. The van der Waals surface area contributed by atoms with Gasteiger partial charge in [0.1, 0.15) is 5.75 Å². The molecule has 24 heavy (non-hydrogen) atoms. The van der Waals surface area contributed by atoms with Gasteiger partial charge in [0, 0.05) is 0 Å². The molecule has 0 radical (unpaired) electrons. The Morgan fingerprint density at radius 1 is 0.958 bits per heavy atom. The van der Waals surface area contributed by atoms with Crippen molar-refractivity contribution < 1.29 is 19.0 Å². The molecule has 5 nitrogen and oxygen atoms in total. The van der Waals surface area contributed by atoms with Crippen LogP contribution in [0.25, 0.3) is 0 Å². The summed E-state index contributed by atoms with van der Waals surface area (Å²) in [5, 5.41) is 2.81. The van der Waals surface area contributed by atoms with Gasteiger partial charge in [-0.15, -0.1) is 0 Å². The first-order valence-corrected chi connectivity index (χ1v) is 7.84. The number of nitrogens with one attached hydrogen (secondary N) is 1. The van der Waals surface area contributed by atoms with E-state index < -0.39 is 0 Å². The van der Waals surface area contributed by atoms with Crippen molar-refractivity contribution in [3.05, 3.63) is 47.5 Å². The van der Waals surface area contributed by atoms with Gasteiger partial charge < -0.3 is 19.5 Å². The highest BCUT2D eigenvalue weighted by molar-refractivity contribution is 5.93. The number of ether oxygens (including phenoxy) is 3. The minimum absolute atomic E-state index is 0.112. The first-order valence-electron chi connectivity index (χ1n) is 7.84. The van der Waals surface area contributed by atoms with Gasteiger partial charge in [0.25, 0.3) is 5.91 Å². The van der Waals surface area contributed by atoms with Crippen LogP contribution in [0.4, 0.5) is 5.69 Å². The number of carbonyl (C=O) groups excluding carboxylic acids is 1. The predicted octanol–water partition coefficient (Wildman–Crippen LogP) is 3.73. The van der Waals surface area contributed by atoms with Gasteiger partial charge in [-0.1, -0.05) is 12.1 Å². The number of hydrogen-bond donors (Lipinski definition) is 1. The molecule has 0 aliphatic heterocycles. The Morgan fingerprint density at radius 3 is 2.29 bits per heavy atom. The average Bonchev–Trinajstić information content (AvgIpc) is 2.56. The number of anilines is 1. The Labute approximate surface area is 142 Å². The monoisotopic (exact) mass is 329 g/mol. The Bertz CT molecular complexity index is 713. The van der Waals surface area contributed by atoms with Crippen LogP contribution < -0.4 is 19.5 Å². The van der Waals surface area contributed by atoms with Crippen molar-refractivity contribution in [2.45, 2.75) is 20.8 Å². The Morgan fingerprint density at radius 2 is 1.62 bits per heavy atom. The van der Waals surface area contributed by atoms with Gasteiger partial charge in [0.05, 0.1) is 19.4 Å². The molecule has 0 bridgehead atoms. The molecule has 0 fully saturated rings. The van der Waals surface area contributed by atoms with Crippen LogP contribution in [0.2, 0.25) is 0 Å². The summed E-state index contributed by atoms with van der Waals surface area (Å²) in [6, 6.07) is 11.2. The molecular formula is C19H23NO4. The van der Waals surface area contributed by atoms with Crippen LogP contribution in [0.1, 0.15) is 18.1 Å². The van der Waals surface area contributed by atoms with Crippen molar-refractivity contribution in [2.75, 3.05) is 25.6 Å². The quantitative estimate of drug-likeness (QED) is 0.841. The predicted molar refractivity (Wildman–Crippen MR) is 94.2 cm³/mol. The third-order valence-electron chi connectivity index (χ3n) is 3.39. The summed E-state index contributed by atoms with van der Waals surface area (Å²) in [7, 11) is 1.57. The molecule has 0 aliphatic rings. The van der Waals surface area contributed by atoms with E-state index in [1.165, 1.54) is 0 Å². The molecule has 5 heteroatoms. The zero-order valence-corrected chi connectivity index (χ0v) is 14.5. The molecule has 1 amide bonds. The fraction of sp³-hybridized carbons (Fsp3) is 0.316. The van der Waals surface area contributed by atoms with E-state index in [9.17, 15) is 4.79 Å². The number of carbonyl (C=O) groups is 1. The molecule has 2 rings (SSSR count). The minimum Gasteiger partial charge on any atom is -0.493 e. The zero-order valence-electron chi connectivity index (χ0n) is 14.5. The van der Waals surface area contributed by atoms with Crippen molar-refractivity contribution in [2.24, 2.45) is 0 Å². The van der Waals surface area contributed by atoms with Crippen LogP contribution in [0.3, 0.4) is 0 Å². The number of amides is 1. The van der Waals surface area contributed by atoms with Gasteiger partial charge in [0.2, 0.25) is 0 Å². The number of aryl methyl sites for hydroxylation is 2. The highest BCUT2D eigenvalue weighted by Gasteiger charge is 2.11. The number of hydrogen-bond acceptors (Lipinski definition) is 4. The maximum absolute atomic E-state index is 12.2. The van der Waals surface area contributed by atoms with Crippen LogP contribution in [0, 0.1) is 13.8 Å². The molecule has 0 spiro atoms. The van der Waals surface area contributed by atoms with Crippen LogP contribution in [0.15, 0.2) is 36.4 Å². The van der Waals surface area contributed by atoms with E-state index in [2.05, 4.69) is 5.32 Å².